The molecule has 6 heteroatoms. The van der Waals surface area contributed by atoms with Crippen molar-refractivity contribution in [1.29, 1.82) is 10.5 Å². The maximum absolute atomic E-state index is 8.97. The van der Waals surface area contributed by atoms with Gasteiger partial charge >= 0.3 is 0 Å². The van der Waals surface area contributed by atoms with Gasteiger partial charge in [0.2, 0.25) is 5.95 Å². The van der Waals surface area contributed by atoms with Crippen LogP contribution in [-0.4, -0.2) is 9.97 Å². The Morgan fingerprint density at radius 1 is 1.07 bits per heavy atom. The molecule has 0 bridgehead atoms. The number of aromatic nitrogens is 2. The lowest BCUT2D eigenvalue weighted by atomic mass is 10.0. The molecule has 0 aliphatic carbocycles. The van der Waals surface area contributed by atoms with Gasteiger partial charge in [-0.2, -0.15) is 15.5 Å². The number of allylic oxidation sites excluding steroid dienone is 1. The lowest BCUT2D eigenvalue weighted by Crippen LogP contribution is -2.02. The first-order chi connectivity index (χ1) is 15.3. The van der Waals surface area contributed by atoms with Crippen molar-refractivity contribution in [2.75, 3.05) is 10.6 Å². The normalized spacial score (nSPS) is 12.3. The SMILES string of the molecule is [2H]c1cc(C#N)cc([2H])c1Nc1nccc(Nc2c(C)c([2H])c(/C=C/C#N)c([2H])c2C)n1. The van der Waals surface area contributed by atoms with Gasteiger partial charge in [-0.25, -0.2) is 4.98 Å². The van der Waals surface area contributed by atoms with E-state index < -0.39 is 0 Å². The quantitative estimate of drug-likeness (QED) is 0.614. The molecule has 6 nitrogen and oxygen atoms in total. The largest absolute Gasteiger partial charge is 0.340 e. The van der Waals surface area contributed by atoms with E-state index in [1.54, 1.807) is 19.9 Å². The smallest absolute Gasteiger partial charge is 0.229 e. The first-order valence-corrected chi connectivity index (χ1v) is 8.31. The molecule has 0 aliphatic heterocycles. The van der Waals surface area contributed by atoms with Gasteiger partial charge in [0.05, 0.1) is 23.2 Å². The molecule has 1 aromatic heterocycles. The Labute approximate surface area is 169 Å². The van der Waals surface area contributed by atoms with Gasteiger partial charge in [-0.1, -0.05) is 0 Å². The van der Waals surface area contributed by atoms with Crippen molar-refractivity contribution in [3.8, 4) is 12.1 Å². The minimum atomic E-state index is -0.0265. The maximum Gasteiger partial charge on any atom is 0.229 e. The van der Waals surface area contributed by atoms with E-state index in [1.807, 2.05) is 12.1 Å². The second kappa shape index (κ2) is 8.48. The van der Waals surface area contributed by atoms with Crippen LogP contribution in [0.25, 0.3) is 6.08 Å². The molecular formula is C22H18N6. The molecule has 0 saturated carbocycles. The van der Waals surface area contributed by atoms with Crippen LogP contribution in [0.2, 0.25) is 0 Å². The van der Waals surface area contributed by atoms with Crippen molar-refractivity contribution < 1.29 is 5.48 Å². The van der Waals surface area contributed by atoms with Crippen molar-refractivity contribution in [3.63, 3.8) is 0 Å². The number of hydrogen-bond donors (Lipinski definition) is 2. The van der Waals surface area contributed by atoms with Gasteiger partial charge in [0.15, 0.2) is 0 Å². The van der Waals surface area contributed by atoms with Gasteiger partial charge in [0, 0.05) is 23.6 Å². The Bertz CT molecular complexity index is 1270. The van der Waals surface area contributed by atoms with Crippen LogP contribution in [0.4, 0.5) is 23.1 Å². The van der Waals surface area contributed by atoms with Gasteiger partial charge in [0.1, 0.15) is 5.82 Å². The van der Waals surface area contributed by atoms with Crippen molar-refractivity contribution in [2.24, 2.45) is 0 Å². The van der Waals surface area contributed by atoms with E-state index in [-0.39, 0.29) is 41.4 Å². The summed E-state index contributed by atoms with van der Waals surface area (Å²) in [7, 11) is 0. The van der Waals surface area contributed by atoms with Gasteiger partial charge in [-0.05, 0) is 79.0 Å². The minimum absolute atomic E-state index is 0.0265. The highest BCUT2D eigenvalue weighted by atomic mass is 15.1. The fourth-order valence-corrected chi connectivity index (χ4v) is 2.48. The van der Waals surface area contributed by atoms with Crippen molar-refractivity contribution in [2.45, 2.75) is 13.8 Å². The predicted octanol–water partition coefficient (Wildman–Crippen LogP) is 4.99. The second-order valence-corrected chi connectivity index (χ2v) is 5.79. The summed E-state index contributed by atoms with van der Waals surface area (Å²) in [4.78, 5) is 8.48. The number of benzene rings is 2. The molecule has 0 spiro atoms. The van der Waals surface area contributed by atoms with Crippen LogP contribution >= 0.6 is 0 Å². The Kier molecular flexibility index (Phi) is 4.23. The van der Waals surface area contributed by atoms with E-state index in [0.29, 0.717) is 28.2 Å². The highest BCUT2D eigenvalue weighted by Gasteiger charge is 2.07. The fourth-order valence-electron chi connectivity index (χ4n) is 2.48. The number of nitrogens with one attached hydrogen (secondary N) is 2. The molecule has 2 aromatic carbocycles. The van der Waals surface area contributed by atoms with Crippen LogP contribution in [0, 0.1) is 36.5 Å². The average Bonchev–Trinajstić information content (AvgIpc) is 2.78. The molecular weight excluding hydrogens is 348 g/mol. The molecule has 0 radical (unpaired) electrons. The molecule has 1 heterocycles. The zero-order chi connectivity index (χ0) is 23.4. The van der Waals surface area contributed by atoms with Crippen LogP contribution < -0.4 is 10.6 Å². The molecule has 2 N–H and O–H groups in total. The van der Waals surface area contributed by atoms with Gasteiger partial charge in [-0.3, -0.25) is 0 Å². The third-order valence-corrected chi connectivity index (χ3v) is 3.74. The molecule has 0 atom stereocenters. The summed E-state index contributed by atoms with van der Waals surface area (Å²) in [5.74, 6) is 0.530. The zero-order valence-electron chi connectivity index (χ0n) is 19.3. The summed E-state index contributed by atoms with van der Waals surface area (Å²) < 4.78 is 32.8. The summed E-state index contributed by atoms with van der Waals surface area (Å²) in [6.45, 7) is 3.49. The third-order valence-electron chi connectivity index (χ3n) is 3.74. The van der Waals surface area contributed by atoms with Crippen LogP contribution in [0.15, 0.2) is 54.6 Å². The Morgan fingerprint density at radius 3 is 2.43 bits per heavy atom. The Balaban J connectivity index is 1.95. The van der Waals surface area contributed by atoms with Crippen LogP contribution in [-0.2, 0) is 0 Å². The maximum atomic E-state index is 8.97. The van der Waals surface area contributed by atoms with Gasteiger partial charge < -0.3 is 10.6 Å². The van der Waals surface area contributed by atoms with Crippen LogP contribution in [0.5, 0.6) is 0 Å². The summed E-state index contributed by atoms with van der Waals surface area (Å²) in [5, 5.41) is 23.7. The van der Waals surface area contributed by atoms with Crippen molar-refractivity contribution in [3.05, 3.63) is 76.9 Å². The Hall–Kier alpha value is -4.16. The highest BCUT2D eigenvalue weighted by molar-refractivity contribution is 5.69. The number of rotatable bonds is 5. The molecule has 28 heavy (non-hydrogen) atoms. The predicted molar refractivity (Wildman–Crippen MR) is 110 cm³/mol. The molecule has 0 amide bonds. The van der Waals surface area contributed by atoms with E-state index in [1.165, 1.54) is 30.5 Å². The fraction of sp³-hybridized carbons (Fsp3) is 0.0909. The number of anilines is 4. The first-order valence-electron chi connectivity index (χ1n) is 10.3. The highest BCUT2D eigenvalue weighted by Crippen LogP contribution is 2.26. The summed E-state index contributed by atoms with van der Waals surface area (Å²) in [6.07, 6.45) is 4.19. The molecule has 0 fully saturated rings. The summed E-state index contributed by atoms with van der Waals surface area (Å²) in [6, 6.07) is 8.32. The minimum Gasteiger partial charge on any atom is -0.340 e. The van der Waals surface area contributed by atoms with Crippen molar-refractivity contribution >= 4 is 29.2 Å². The monoisotopic (exact) mass is 370 g/mol. The third kappa shape index (κ3) is 4.51. The summed E-state index contributed by atoms with van der Waals surface area (Å²) >= 11 is 0. The second-order valence-electron chi connectivity index (χ2n) is 5.79. The van der Waals surface area contributed by atoms with E-state index in [0.717, 1.165) is 0 Å². The van der Waals surface area contributed by atoms with E-state index in [9.17, 15) is 0 Å². The van der Waals surface area contributed by atoms with Gasteiger partial charge in [-0.15, -0.1) is 0 Å². The molecule has 3 aromatic rings. The molecule has 3 rings (SSSR count). The Morgan fingerprint density at radius 2 is 1.79 bits per heavy atom. The zero-order valence-corrected chi connectivity index (χ0v) is 15.3. The topological polar surface area (TPSA) is 97.4 Å². The van der Waals surface area contributed by atoms with Gasteiger partial charge in [0.25, 0.3) is 0 Å². The number of hydrogen-bond acceptors (Lipinski definition) is 6. The van der Waals surface area contributed by atoms with E-state index in [2.05, 4.69) is 20.6 Å². The lowest BCUT2D eigenvalue weighted by molar-refractivity contribution is 1.16. The van der Waals surface area contributed by atoms with E-state index in [4.69, 9.17) is 16.0 Å². The molecule has 0 aliphatic rings. The molecule has 0 saturated heterocycles. The van der Waals surface area contributed by atoms with Crippen molar-refractivity contribution in [1.82, 2.24) is 9.97 Å². The molecule has 136 valence electrons. The first kappa shape index (κ1) is 14.0. The number of nitrogens with zero attached hydrogens (tertiary/aromatic N) is 4. The van der Waals surface area contributed by atoms with Crippen LogP contribution in [0.3, 0.4) is 0 Å². The molecule has 0 unspecified atom stereocenters. The number of nitriles is 2. The van der Waals surface area contributed by atoms with E-state index >= 15 is 0 Å². The van der Waals surface area contributed by atoms with Crippen LogP contribution in [0.1, 0.15) is 27.7 Å². The lowest BCUT2D eigenvalue weighted by Gasteiger charge is -2.14. The average molecular weight is 370 g/mol. The standard InChI is InChI=1S/C22H18N6/c1-15-12-18(4-3-10-23)13-16(2)21(15)27-20-9-11-25-22(28-20)26-19-7-5-17(14-24)6-8-19/h3-9,11-13H,1-2H3,(H2,25,26,27,28)/b4-3+/i7D,8D,12D,13D. The summed E-state index contributed by atoms with van der Waals surface area (Å²) in [5.41, 5.74) is 2.50.